The van der Waals surface area contributed by atoms with E-state index in [0.717, 1.165) is 5.56 Å². The normalized spacial score (nSPS) is 12.1. The first kappa shape index (κ1) is 16.2. The van der Waals surface area contributed by atoms with Crippen molar-refractivity contribution < 1.29 is 5.11 Å². The zero-order valence-corrected chi connectivity index (χ0v) is 14.5. The zero-order valence-electron chi connectivity index (χ0n) is 13.0. The van der Waals surface area contributed by atoms with Gasteiger partial charge in [0.15, 0.2) is 10.8 Å². The van der Waals surface area contributed by atoms with E-state index in [4.69, 9.17) is 23.2 Å². The van der Waals surface area contributed by atoms with Gasteiger partial charge >= 0.3 is 0 Å². The van der Waals surface area contributed by atoms with Gasteiger partial charge in [0.25, 0.3) is 0 Å². The lowest BCUT2D eigenvalue weighted by Gasteiger charge is -2.20. The zero-order chi connectivity index (χ0) is 16.8. The molecule has 0 spiro atoms. The van der Waals surface area contributed by atoms with Crippen molar-refractivity contribution in [3.63, 3.8) is 0 Å². The van der Waals surface area contributed by atoms with E-state index in [1.54, 1.807) is 26.8 Å². The first-order valence-electron chi connectivity index (χ1n) is 7.14. The highest BCUT2D eigenvalue weighted by Gasteiger charge is 2.23. The number of hydrogen-bond donors (Lipinski definition) is 1. The van der Waals surface area contributed by atoms with E-state index in [1.807, 2.05) is 22.8 Å². The van der Waals surface area contributed by atoms with Crippen LogP contribution in [0.15, 0.2) is 24.3 Å². The first-order chi connectivity index (χ1) is 10.8. The number of fused-ring (bicyclic) bond motifs is 1. The molecular weight excluding hydrogens is 335 g/mol. The summed E-state index contributed by atoms with van der Waals surface area (Å²) in [4.78, 5) is 13.2. The van der Waals surface area contributed by atoms with Gasteiger partial charge in [-0.15, -0.1) is 0 Å². The van der Waals surface area contributed by atoms with Crippen LogP contribution in [0.25, 0.3) is 22.6 Å². The predicted molar refractivity (Wildman–Crippen MR) is 91.8 cm³/mol. The Bertz CT molecular complexity index is 884. The minimum atomic E-state index is -0.949. The summed E-state index contributed by atoms with van der Waals surface area (Å²) in [6.07, 6.45) is 0. The molecule has 0 unspecified atom stereocenters. The highest BCUT2D eigenvalue weighted by atomic mass is 35.5. The van der Waals surface area contributed by atoms with Gasteiger partial charge in [-0.2, -0.15) is 0 Å². The maximum atomic E-state index is 10.3. The fourth-order valence-electron chi connectivity index (χ4n) is 2.45. The second kappa shape index (κ2) is 5.74. The molecule has 0 amide bonds. The second-order valence-electron chi connectivity index (χ2n) is 6.05. The van der Waals surface area contributed by atoms with Gasteiger partial charge in [0, 0.05) is 5.56 Å². The van der Waals surface area contributed by atoms with Crippen molar-refractivity contribution in [3.8, 4) is 11.4 Å². The van der Waals surface area contributed by atoms with Crippen LogP contribution in [0, 0.1) is 6.92 Å². The molecule has 120 valence electrons. The summed E-state index contributed by atoms with van der Waals surface area (Å²) in [6, 6.07) is 7.40. The molecule has 1 N–H and O–H groups in total. The predicted octanol–water partition coefficient (Wildman–Crippen LogP) is 3.88. The lowest BCUT2D eigenvalue weighted by molar-refractivity contribution is 0.0629. The second-order valence-corrected chi connectivity index (χ2v) is 6.81. The molecule has 0 aliphatic carbocycles. The number of rotatable bonds is 3. The quantitative estimate of drug-likeness (QED) is 0.728. The molecule has 0 saturated heterocycles. The van der Waals surface area contributed by atoms with E-state index in [9.17, 15) is 5.11 Å². The van der Waals surface area contributed by atoms with Crippen LogP contribution in [0.3, 0.4) is 0 Å². The molecule has 2 aromatic heterocycles. The van der Waals surface area contributed by atoms with Crippen LogP contribution < -0.4 is 0 Å². The largest absolute Gasteiger partial charge is 0.389 e. The fourth-order valence-corrected chi connectivity index (χ4v) is 2.92. The highest BCUT2D eigenvalue weighted by molar-refractivity contribution is 6.34. The molecule has 5 nitrogen and oxygen atoms in total. The molecule has 0 bridgehead atoms. The van der Waals surface area contributed by atoms with Crippen molar-refractivity contribution in [2.24, 2.45) is 0 Å². The van der Waals surface area contributed by atoms with Crippen molar-refractivity contribution >= 4 is 34.4 Å². The molecule has 3 aromatic rings. The number of halogens is 2. The van der Waals surface area contributed by atoms with Gasteiger partial charge in [0.05, 0.1) is 17.2 Å². The minimum Gasteiger partial charge on any atom is -0.389 e. The molecule has 0 radical (unpaired) electrons. The van der Waals surface area contributed by atoms with Gasteiger partial charge in [0.2, 0.25) is 0 Å². The average Bonchev–Trinajstić information content (AvgIpc) is 2.77. The van der Waals surface area contributed by atoms with Crippen LogP contribution in [0.2, 0.25) is 10.2 Å². The van der Waals surface area contributed by atoms with Crippen molar-refractivity contribution in [3.05, 3.63) is 40.3 Å². The van der Waals surface area contributed by atoms with E-state index in [1.165, 1.54) is 0 Å². The van der Waals surface area contributed by atoms with E-state index in [-0.39, 0.29) is 5.15 Å². The van der Waals surface area contributed by atoms with Gasteiger partial charge in [0.1, 0.15) is 17.2 Å². The molecule has 0 atom stereocenters. The van der Waals surface area contributed by atoms with Crippen LogP contribution >= 0.6 is 23.2 Å². The summed E-state index contributed by atoms with van der Waals surface area (Å²) in [5.74, 6) is 1.15. The van der Waals surface area contributed by atoms with E-state index < -0.39 is 5.60 Å². The maximum absolute atomic E-state index is 10.3. The summed E-state index contributed by atoms with van der Waals surface area (Å²) >= 11 is 12.5. The molecule has 7 heteroatoms. The summed E-state index contributed by atoms with van der Waals surface area (Å²) in [5, 5.41) is 11.1. The Balaban J connectivity index is 2.35. The molecular formula is C16H16Cl2N4O. The number of imidazole rings is 1. The van der Waals surface area contributed by atoms with Crippen LogP contribution in [-0.4, -0.2) is 30.2 Å². The Hall–Kier alpha value is -1.69. The number of nitrogens with zero attached hydrogens (tertiary/aromatic N) is 4. The van der Waals surface area contributed by atoms with Crippen LogP contribution in [-0.2, 0) is 6.54 Å². The summed E-state index contributed by atoms with van der Waals surface area (Å²) in [7, 11) is 0. The van der Waals surface area contributed by atoms with Gasteiger partial charge in [-0.3, -0.25) is 0 Å². The Morgan fingerprint density at radius 3 is 2.48 bits per heavy atom. The molecule has 0 aliphatic heterocycles. The van der Waals surface area contributed by atoms with E-state index in [0.29, 0.717) is 34.4 Å². The van der Waals surface area contributed by atoms with E-state index in [2.05, 4.69) is 15.0 Å². The van der Waals surface area contributed by atoms with Gasteiger partial charge in [-0.25, -0.2) is 15.0 Å². The number of benzene rings is 1. The summed E-state index contributed by atoms with van der Waals surface area (Å²) in [5.41, 5.74) is 0.885. The molecule has 0 aliphatic rings. The van der Waals surface area contributed by atoms with Crippen molar-refractivity contribution in [1.82, 2.24) is 19.5 Å². The topological polar surface area (TPSA) is 63.8 Å². The number of aryl methyl sites for hydroxylation is 1. The van der Waals surface area contributed by atoms with Crippen molar-refractivity contribution in [2.45, 2.75) is 32.9 Å². The molecule has 1 aromatic carbocycles. The van der Waals surface area contributed by atoms with Crippen molar-refractivity contribution in [1.29, 1.82) is 0 Å². The minimum absolute atomic E-state index is 0.287. The third-order valence-corrected chi connectivity index (χ3v) is 3.92. The van der Waals surface area contributed by atoms with E-state index >= 15 is 0 Å². The highest BCUT2D eigenvalue weighted by Crippen LogP contribution is 2.32. The van der Waals surface area contributed by atoms with Crippen LogP contribution in [0.1, 0.15) is 19.7 Å². The average molecular weight is 351 g/mol. The molecule has 3 rings (SSSR count). The first-order valence-corrected chi connectivity index (χ1v) is 7.89. The Labute approximate surface area is 143 Å². The lowest BCUT2D eigenvalue weighted by atomic mass is 10.1. The molecule has 0 saturated carbocycles. The number of aliphatic hydroxyl groups is 1. The third-order valence-electron chi connectivity index (χ3n) is 3.32. The van der Waals surface area contributed by atoms with Gasteiger partial charge < -0.3 is 9.67 Å². The third kappa shape index (κ3) is 3.17. The maximum Gasteiger partial charge on any atom is 0.165 e. The number of aromatic nitrogens is 4. The Morgan fingerprint density at radius 2 is 1.83 bits per heavy atom. The number of hydrogen-bond acceptors (Lipinski definition) is 4. The smallest absolute Gasteiger partial charge is 0.165 e. The van der Waals surface area contributed by atoms with Gasteiger partial charge in [-0.1, -0.05) is 35.3 Å². The van der Waals surface area contributed by atoms with Crippen LogP contribution in [0.5, 0.6) is 0 Å². The Morgan fingerprint density at radius 1 is 1.13 bits per heavy atom. The summed E-state index contributed by atoms with van der Waals surface area (Å²) < 4.78 is 1.83. The molecule has 0 fully saturated rings. The van der Waals surface area contributed by atoms with Crippen molar-refractivity contribution in [2.75, 3.05) is 0 Å². The molecule has 23 heavy (non-hydrogen) atoms. The standard InChI is InChI=1S/C16H16Cl2N4O/c1-9-19-13(18)12-15(20-9)22(8-16(2,3)23)14(21-12)10-6-4-5-7-11(10)17/h4-7,23H,8H2,1-3H3. The lowest BCUT2D eigenvalue weighted by Crippen LogP contribution is -2.26. The molecule has 2 heterocycles. The summed E-state index contributed by atoms with van der Waals surface area (Å²) in [6.45, 7) is 5.52. The SMILES string of the molecule is Cc1nc(Cl)c2nc(-c3ccccc3Cl)n(CC(C)(C)O)c2n1. The fraction of sp³-hybridized carbons (Fsp3) is 0.312. The Kier molecular flexibility index (Phi) is 4.04. The van der Waals surface area contributed by atoms with Crippen LogP contribution in [0.4, 0.5) is 0 Å². The van der Waals surface area contributed by atoms with Gasteiger partial charge in [-0.05, 0) is 32.9 Å². The monoisotopic (exact) mass is 350 g/mol.